The van der Waals surface area contributed by atoms with Crippen molar-refractivity contribution in [3.8, 4) is 28.4 Å². The number of aliphatic hydroxyl groups is 1. The van der Waals surface area contributed by atoms with Gasteiger partial charge in [0.1, 0.15) is 5.75 Å². The molecule has 280 valence electrons. The van der Waals surface area contributed by atoms with E-state index in [0.29, 0.717) is 41.4 Å². The van der Waals surface area contributed by atoms with Gasteiger partial charge in [0.15, 0.2) is 33.0 Å². The quantitative estimate of drug-likeness (QED) is 0.0762. The van der Waals surface area contributed by atoms with Crippen LogP contribution in [0.25, 0.3) is 11.1 Å². The van der Waals surface area contributed by atoms with Crippen LogP contribution in [-0.2, 0) is 25.9 Å². The second-order valence-electron chi connectivity index (χ2n) is 12.6. The first-order chi connectivity index (χ1) is 26.3. The fraction of sp³-hybridized carbons (Fsp3) is 0.238. The lowest BCUT2D eigenvalue weighted by atomic mass is 9.84. The highest BCUT2D eigenvalue weighted by Gasteiger charge is 2.53. The average molecular weight is 750 g/mol. The number of nitrogens with zero attached hydrogens (tertiary/aromatic N) is 1. The summed E-state index contributed by atoms with van der Waals surface area (Å²) < 4.78 is 50.8. The number of methoxy groups -OCH3 is 2. The molecule has 1 aliphatic rings. The zero-order valence-corrected chi connectivity index (χ0v) is 30.9. The number of aliphatic hydroxyl groups excluding tert-OH is 1. The van der Waals surface area contributed by atoms with E-state index in [-0.39, 0.29) is 36.1 Å². The van der Waals surface area contributed by atoms with Crippen LogP contribution in [0.15, 0.2) is 137 Å². The van der Waals surface area contributed by atoms with E-state index in [1.807, 2.05) is 66.7 Å². The third kappa shape index (κ3) is 8.57. The molecule has 0 spiro atoms. The molecule has 2 atom stereocenters. The van der Waals surface area contributed by atoms with Crippen LogP contribution in [0.1, 0.15) is 35.6 Å². The Kier molecular flexibility index (Phi) is 12.3. The minimum absolute atomic E-state index is 0.0164. The highest BCUT2D eigenvalue weighted by molar-refractivity contribution is 7.91. The average Bonchev–Trinajstić information content (AvgIpc) is 3.62. The summed E-state index contributed by atoms with van der Waals surface area (Å²) in [5.41, 5.74) is 8.01. The van der Waals surface area contributed by atoms with E-state index in [0.717, 1.165) is 16.7 Å². The van der Waals surface area contributed by atoms with E-state index in [9.17, 15) is 13.2 Å². The number of amides is 1. The number of aliphatic imine (C=N–C) groups is 1. The van der Waals surface area contributed by atoms with Crippen molar-refractivity contribution in [2.24, 2.45) is 4.99 Å². The predicted octanol–water partition coefficient (Wildman–Crippen LogP) is 6.07. The fourth-order valence-corrected chi connectivity index (χ4v) is 7.70. The summed E-state index contributed by atoms with van der Waals surface area (Å²) in [6, 6.07) is 38.2. The number of carbonyl (C=O) groups excluding carboxylic acids is 1. The van der Waals surface area contributed by atoms with Crippen LogP contribution >= 0.6 is 0 Å². The Morgan fingerprint density at radius 1 is 0.815 bits per heavy atom. The summed E-state index contributed by atoms with van der Waals surface area (Å²) in [5, 5.41) is 9.14. The van der Waals surface area contributed by atoms with E-state index in [1.54, 1.807) is 55.6 Å². The van der Waals surface area contributed by atoms with Gasteiger partial charge < -0.3 is 24.1 Å². The second kappa shape index (κ2) is 17.4. The molecule has 6 rings (SSSR count). The Morgan fingerprint density at radius 3 is 2.15 bits per heavy atom. The third-order valence-corrected chi connectivity index (χ3v) is 10.9. The lowest BCUT2D eigenvalue weighted by Crippen LogP contribution is -2.53. The summed E-state index contributed by atoms with van der Waals surface area (Å²) in [4.78, 5) is 19.8. The van der Waals surface area contributed by atoms with Crippen LogP contribution in [0, 0.1) is 0 Å². The number of carbonyl (C=O) groups is 1. The summed E-state index contributed by atoms with van der Waals surface area (Å²) in [5.74, 6) is 0.848. The molecule has 5 aromatic rings. The van der Waals surface area contributed by atoms with Gasteiger partial charge in [-0.3, -0.25) is 10.2 Å². The molecule has 5 aromatic carbocycles. The molecule has 0 aromatic heterocycles. The first kappa shape index (κ1) is 38.0. The van der Waals surface area contributed by atoms with Gasteiger partial charge in [0.2, 0.25) is 5.90 Å². The zero-order valence-electron chi connectivity index (χ0n) is 30.1. The van der Waals surface area contributed by atoms with E-state index >= 15 is 0 Å². The maximum absolute atomic E-state index is 14.7. The lowest BCUT2D eigenvalue weighted by Gasteiger charge is -2.31. The number of para-hydroxylation sites is 1. The SMILES string of the molecule is COc1cccc(CNNC(=O)[C@@]2(CCS(=O)(=O)c3ccccc3)N=C(c3ccc(OCCCO)cc3)O[C@H]2c2ccc(-c3ccccc3)cc2)c1OC. The fourth-order valence-electron chi connectivity index (χ4n) is 6.31. The molecular formula is C42H43N3O8S. The van der Waals surface area contributed by atoms with Gasteiger partial charge in [0, 0.05) is 37.1 Å². The minimum Gasteiger partial charge on any atom is -0.494 e. The number of hydrogen-bond acceptors (Lipinski definition) is 10. The van der Waals surface area contributed by atoms with Crippen LogP contribution in [0.4, 0.5) is 0 Å². The van der Waals surface area contributed by atoms with Crippen LogP contribution in [-0.4, -0.2) is 64.1 Å². The molecule has 1 amide bonds. The standard InChI is InChI=1S/C42H43N3O8S/c1-50-37-16-9-13-34(38(37)51-2)29-43-45-41(47)42(25-28-54(48,49)36-14-7-4-8-15-36)39(32-19-17-31(18-20-32)30-11-5-3-6-12-30)53-40(44-42)33-21-23-35(24-22-33)52-27-10-26-46/h3-9,11-24,39,43,46H,10,25-29H2,1-2H3,(H,45,47)/t39-,42-/m0/s1. The van der Waals surface area contributed by atoms with Gasteiger partial charge in [0.25, 0.3) is 5.91 Å². The van der Waals surface area contributed by atoms with Gasteiger partial charge in [-0.2, -0.15) is 0 Å². The first-order valence-corrected chi connectivity index (χ1v) is 19.2. The highest BCUT2D eigenvalue weighted by Crippen LogP contribution is 2.43. The molecule has 3 N–H and O–H groups in total. The summed E-state index contributed by atoms with van der Waals surface area (Å²) in [6.07, 6.45) is -0.710. The number of rotatable bonds is 17. The van der Waals surface area contributed by atoms with Gasteiger partial charge in [-0.05, 0) is 59.2 Å². The molecule has 12 heteroatoms. The molecule has 0 saturated heterocycles. The van der Waals surface area contributed by atoms with Crippen molar-refractivity contribution < 1.29 is 37.3 Å². The highest BCUT2D eigenvalue weighted by atomic mass is 32.2. The van der Waals surface area contributed by atoms with Crippen molar-refractivity contribution in [1.29, 1.82) is 0 Å². The van der Waals surface area contributed by atoms with Crippen LogP contribution in [0.3, 0.4) is 0 Å². The maximum Gasteiger partial charge on any atom is 0.266 e. The molecule has 1 heterocycles. The molecule has 54 heavy (non-hydrogen) atoms. The number of nitrogens with one attached hydrogen (secondary N) is 2. The number of benzene rings is 5. The molecule has 0 radical (unpaired) electrons. The Morgan fingerprint density at radius 2 is 1.48 bits per heavy atom. The largest absolute Gasteiger partial charge is 0.494 e. The zero-order chi connectivity index (χ0) is 38.0. The second-order valence-corrected chi connectivity index (χ2v) is 14.7. The molecule has 0 unspecified atom stereocenters. The van der Waals surface area contributed by atoms with Crippen molar-refractivity contribution in [3.05, 3.63) is 144 Å². The number of ether oxygens (including phenoxy) is 4. The number of sulfone groups is 1. The lowest BCUT2D eigenvalue weighted by molar-refractivity contribution is -0.130. The minimum atomic E-state index is -3.84. The molecule has 0 fully saturated rings. The monoisotopic (exact) mass is 749 g/mol. The van der Waals surface area contributed by atoms with Crippen LogP contribution in [0.2, 0.25) is 0 Å². The first-order valence-electron chi connectivity index (χ1n) is 17.5. The van der Waals surface area contributed by atoms with E-state index in [1.165, 1.54) is 19.2 Å². The van der Waals surface area contributed by atoms with Gasteiger partial charge in [0.05, 0.1) is 31.5 Å². The molecule has 0 bridgehead atoms. The van der Waals surface area contributed by atoms with Crippen LogP contribution < -0.4 is 25.1 Å². The van der Waals surface area contributed by atoms with E-state index in [2.05, 4.69) is 10.9 Å². The van der Waals surface area contributed by atoms with Crippen LogP contribution in [0.5, 0.6) is 17.2 Å². The Labute approximate surface area is 315 Å². The summed E-state index contributed by atoms with van der Waals surface area (Å²) >= 11 is 0. The van der Waals surface area contributed by atoms with Gasteiger partial charge >= 0.3 is 0 Å². The normalized spacial score (nSPS) is 16.6. The van der Waals surface area contributed by atoms with Gasteiger partial charge in [-0.25, -0.2) is 18.8 Å². The summed E-state index contributed by atoms with van der Waals surface area (Å²) in [6.45, 7) is 0.529. The molecule has 11 nitrogen and oxygen atoms in total. The summed E-state index contributed by atoms with van der Waals surface area (Å²) in [7, 11) is -0.754. The molecular weight excluding hydrogens is 707 g/mol. The van der Waals surface area contributed by atoms with Gasteiger partial charge in [-0.1, -0.05) is 84.9 Å². The van der Waals surface area contributed by atoms with Gasteiger partial charge in [-0.15, -0.1) is 0 Å². The van der Waals surface area contributed by atoms with E-state index < -0.39 is 27.4 Å². The smallest absolute Gasteiger partial charge is 0.266 e. The van der Waals surface area contributed by atoms with Crippen molar-refractivity contribution in [2.75, 3.05) is 33.2 Å². The van der Waals surface area contributed by atoms with E-state index in [4.69, 9.17) is 29.0 Å². The maximum atomic E-state index is 14.7. The molecule has 0 saturated carbocycles. The van der Waals surface area contributed by atoms with Crippen molar-refractivity contribution in [3.63, 3.8) is 0 Å². The molecule has 1 aliphatic heterocycles. The van der Waals surface area contributed by atoms with Crippen molar-refractivity contribution >= 4 is 21.6 Å². The number of hydrogen-bond donors (Lipinski definition) is 3. The third-order valence-electron chi connectivity index (χ3n) is 9.17. The predicted molar refractivity (Wildman–Crippen MR) is 206 cm³/mol. The Balaban J connectivity index is 1.38. The topological polar surface area (TPSA) is 145 Å². The van der Waals surface area contributed by atoms with Crippen molar-refractivity contribution in [1.82, 2.24) is 10.9 Å². The molecule has 0 aliphatic carbocycles. The Hall–Kier alpha value is -5.69. The number of hydrazine groups is 1. The Bertz CT molecular complexity index is 2150. The van der Waals surface area contributed by atoms with Crippen molar-refractivity contribution in [2.45, 2.75) is 35.9 Å².